The number of sulfonamides is 1. The van der Waals surface area contributed by atoms with Crippen molar-refractivity contribution in [2.24, 2.45) is 0 Å². The predicted octanol–water partition coefficient (Wildman–Crippen LogP) is 1.36. The van der Waals surface area contributed by atoms with Crippen molar-refractivity contribution < 1.29 is 8.42 Å². The van der Waals surface area contributed by atoms with Crippen LogP contribution in [0.1, 0.15) is 29.7 Å². The third-order valence-electron chi connectivity index (χ3n) is 3.45. The van der Waals surface area contributed by atoms with Gasteiger partial charge in [0.25, 0.3) is 0 Å². The Morgan fingerprint density at radius 3 is 2.68 bits per heavy atom. The smallest absolute Gasteiger partial charge is 0.213 e. The van der Waals surface area contributed by atoms with E-state index in [2.05, 4.69) is 10.3 Å². The lowest BCUT2D eigenvalue weighted by Gasteiger charge is -2.31. The molecular weight excluding hydrogens is 282 g/mol. The Morgan fingerprint density at radius 1 is 1.47 bits per heavy atom. The minimum atomic E-state index is -3.01. The first kappa shape index (κ1) is 14.9. The molecule has 1 aromatic heterocycles. The highest BCUT2D eigenvalue weighted by Gasteiger charge is 2.26. The van der Waals surface area contributed by atoms with Crippen molar-refractivity contribution in [1.29, 1.82) is 0 Å². The van der Waals surface area contributed by atoms with E-state index in [0.29, 0.717) is 19.1 Å². The molecule has 0 aromatic carbocycles. The highest BCUT2D eigenvalue weighted by Crippen LogP contribution is 2.16. The average Bonchev–Trinajstić information content (AvgIpc) is 2.83. The molecule has 1 aromatic rings. The summed E-state index contributed by atoms with van der Waals surface area (Å²) in [6.07, 6.45) is 3.68. The van der Waals surface area contributed by atoms with E-state index in [4.69, 9.17) is 0 Å². The summed E-state index contributed by atoms with van der Waals surface area (Å²) < 4.78 is 25.1. The van der Waals surface area contributed by atoms with Crippen LogP contribution in [-0.2, 0) is 16.6 Å². The summed E-state index contributed by atoms with van der Waals surface area (Å²) in [6, 6.07) is 0.408. The Bertz CT molecular complexity index is 505. The van der Waals surface area contributed by atoms with Crippen LogP contribution in [-0.4, -0.2) is 42.6 Å². The van der Waals surface area contributed by atoms with Crippen molar-refractivity contribution in [1.82, 2.24) is 14.6 Å². The number of thiazole rings is 1. The largest absolute Gasteiger partial charge is 0.309 e. The summed E-state index contributed by atoms with van der Waals surface area (Å²) in [7, 11) is -3.01. The average molecular weight is 303 g/mol. The molecule has 19 heavy (non-hydrogen) atoms. The van der Waals surface area contributed by atoms with Gasteiger partial charge in [0.2, 0.25) is 10.0 Å². The van der Waals surface area contributed by atoms with Gasteiger partial charge in [-0.15, -0.1) is 11.3 Å². The summed E-state index contributed by atoms with van der Waals surface area (Å²) in [5.41, 5.74) is 0. The number of nitrogens with one attached hydrogen (secondary N) is 1. The summed E-state index contributed by atoms with van der Waals surface area (Å²) >= 11 is 1.70. The van der Waals surface area contributed by atoms with E-state index >= 15 is 0 Å². The molecule has 0 bridgehead atoms. The van der Waals surface area contributed by atoms with Gasteiger partial charge in [-0.05, 0) is 26.7 Å². The van der Waals surface area contributed by atoms with E-state index in [-0.39, 0.29) is 5.75 Å². The van der Waals surface area contributed by atoms with Crippen LogP contribution in [0, 0.1) is 6.92 Å². The minimum Gasteiger partial charge on any atom is -0.309 e. The fourth-order valence-corrected chi connectivity index (χ4v) is 4.13. The number of nitrogens with zero attached hydrogens (tertiary/aromatic N) is 2. The molecule has 7 heteroatoms. The predicted molar refractivity (Wildman–Crippen MR) is 77.7 cm³/mol. The lowest BCUT2D eigenvalue weighted by atomic mass is 10.1. The van der Waals surface area contributed by atoms with Crippen LogP contribution in [0.25, 0.3) is 0 Å². The Kier molecular flexibility index (Phi) is 4.94. The van der Waals surface area contributed by atoms with Crippen molar-refractivity contribution in [3.05, 3.63) is 16.1 Å². The van der Waals surface area contributed by atoms with Crippen LogP contribution in [0.3, 0.4) is 0 Å². The van der Waals surface area contributed by atoms with E-state index in [1.807, 2.05) is 13.1 Å². The Hall–Kier alpha value is -0.500. The van der Waals surface area contributed by atoms with Gasteiger partial charge in [0.05, 0.1) is 10.8 Å². The zero-order valence-corrected chi connectivity index (χ0v) is 13.1. The number of hydrogen-bond acceptors (Lipinski definition) is 5. The molecular formula is C12H21N3O2S2. The maximum absolute atomic E-state index is 11.7. The second-order valence-corrected chi connectivity index (χ2v) is 8.38. The SMILES string of the molecule is CCS(=O)(=O)N1CCC(NCc2cnc(C)s2)CC1. The Morgan fingerprint density at radius 2 is 2.16 bits per heavy atom. The van der Waals surface area contributed by atoms with Crippen LogP contribution >= 0.6 is 11.3 Å². The maximum Gasteiger partial charge on any atom is 0.213 e. The minimum absolute atomic E-state index is 0.200. The molecule has 1 N–H and O–H groups in total. The summed E-state index contributed by atoms with van der Waals surface area (Å²) in [5.74, 6) is 0.200. The molecule has 1 fully saturated rings. The van der Waals surface area contributed by atoms with Crippen LogP contribution < -0.4 is 5.32 Å². The van der Waals surface area contributed by atoms with Gasteiger partial charge >= 0.3 is 0 Å². The lowest BCUT2D eigenvalue weighted by Crippen LogP contribution is -2.45. The molecule has 2 rings (SSSR count). The van der Waals surface area contributed by atoms with Crippen LogP contribution in [0.15, 0.2) is 6.20 Å². The van der Waals surface area contributed by atoms with Gasteiger partial charge in [0.1, 0.15) is 0 Å². The normalized spacial score (nSPS) is 18.8. The summed E-state index contributed by atoms with van der Waals surface area (Å²) in [6.45, 7) is 5.80. The molecule has 2 heterocycles. The van der Waals surface area contributed by atoms with Crippen molar-refractivity contribution >= 4 is 21.4 Å². The first-order valence-corrected chi connectivity index (χ1v) is 9.06. The summed E-state index contributed by atoms with van der Waals surface area (Å²) in [5, 5.41) is 4.57. The first-order valence-electron chi connectivity index (χ1n) is 6.64. The molecule has 0 radical (unpaired) electrons. The van der Waals surface area contributed by atoms with E-state index in [1.54, 1.807) is 22.6 Å². The van der Waals surface area contributed by atoms with Gasteiger partial charge in [-0.25, -0.2) is 17.7 Å². The lowest BCUT2D eigenvalue weighted by molar-refractivity contribution is 0.289. The summed E-state index contributed by atoms with van der Waals surface area (Å²) in [4.78, 5) is 5.46. The molecule has 108 valence electrons. The molecule has 0 spiro atoms. The highest BCUT2D eigenvalue weighted by molar-refractivity contribution is 7.89. The molecule has 0 atom stereocenters. The van der Waals surface area contributed by atoms with Gasteiger partial charge in [0, 0.05) is 36.8 Å². The molecule has 1 aliphatic heterocycles. The quantitative estimate of drug-likeness (QED) is 0.892. The number of aromatic nitrogens is 1. The zero-order valence-electron chi connectivity index (χ0n) is 11.4. The van der Waals surface area contributed by atoms with Gasteiger partial charge < -0.3 is 5.32 Å². The topological polar surface area (TPSA) is 62.3 Å². The highest BCUT2D eigenvalue weighted by atomic mass is 32.2. The Labute approximate surface area is 119 Å². The van der Waals surface area contributed by atoms with E-state index in [0.717, 1.165) is 24.4 Å². The zero-order chi connectivity index (χ0) is 13.9. The van der Waals surface area contributed by atoms with Gasteiger partial charge in [-0.2, -0.15) is 0 Å². The van der Waals surface area contributed by atoms with E-state index in [9.17, 15) is 8.42 Å². The Balaban J connectivity index is 1.78. The van der Waals surface area contributed by atoms with Crippen LogP contribution in [0.4, 0.5) is 0 Å². The van der Waals surface area contributed by atoms with Crippen LogP contribution in [0.5, 0.6) is 0 Å². The third kappa shape index (κ3) is 3.98. The number of hydrogen-bond donors (Lipinski definition) is 1. The van der Waals surface area contributed by atoms with Crippen LogP contribution in [0.2, 0.25) is 0 Å². The molecule has 5 nitrogen and oxygen atoms in total. The fraction of sp³-hybridized carbons (Fsp3) is 0.750. The van der Waals surface area contributed by atoms with Gasteiger partial charge in [-0.1, -0.05) is 0 Å². The second kappa shape index (κ2) is 6.30. The monoisotopic (exact) mass is 303 g/mol. The van der Waals surface area contributed by atoms with Crippen molar-refractivity contribution in [2.45, 2.75) is 39.3 Å². The fourth-order valence-electron chi connectivity index (χ4n) is 2.25. The van der Waals surface area contributed by atoms with E-state index < -0.39 is 10.0 Å². The van der Waals surface area contributed by atoms with Crippen molar-refractivity contribution in [3.63, 3.8) is 0 Å². The van der Waals surface area contributed by atoms with Gasteiger partial charge in [-0.3, -0.25) is 0 Å². The number of rotatable bonds is 5. The first-order chi connectivity index (χ1) is 9.01. The van der Waals surface area contributed by atoms with Gasteiger partial charge in [0.15, 0.2) is 0 Å². The molecule has 0 saturated carbocycles. The van der Waals surface area contributed by atoms with Crippen molar-refractivity contribution in [3.8, 4) is 0 Å². The van der Waals surface area contributed by atoms with Crippen molar-refractivity contribution in [2.75, 3.05) is 18.8 Å². The second-order valence-electron chi connectivity index (χ2n) is 4.80. The molecule has 1 aliphatic rings. The number of piperidine rings is 1. The molecule has 0 aliphatic carbocycles. The third-order valence-corrected chi connectivity index (χ3v) is 6.24. The molecule has 0 unspecified atom stereocenters. The maximum atomic E-state index is 11.7. The van der Waals surface area contributed by atoms with E-state index in [1.165, 1.54) is 4.88 Å². The molecule has 1 saturated heterocycles. The molecule has 0 amide bonds. The standard InChI is InChI=1S/C12H21N3O2S2/c1-3-19(16,17)15-6-4-11(5-7-15)14-9-12-8-13-10(2)18-12/h8,11,14H,3-7,9H2,1-2H3. The number of aryl methyl sites for hydroxylation is 1.